The minimum atomic E-state index is -4.20. The molecule has 0 radical (unpaired) electrons. The number of nitrogens with zero attached hydrogens (tertiary/aromatic N) is 1. The zero-order chi connectivity index (χ0) is 14.9. The zero-order valence-corrected chi connectivity index (χ0v) is 11.9. The lowest BCUT2D eigenvalue weighted by Crippen LogP contribution is -2.14. The van der Waals surface area contributed by atoms with Crippen molar-refractivity contribution in [1.29, 1.82) is 0 Å². The van der Waals surface area contributed by atoms with Gasteiger partial charge in [-0.15, -0.1) is 0 Å². The lowest BCUT2D eigenvalue weighted by atomic mass is 10.4. The normalized spacial score (nSPS) is 11.3. The van der Waals surface area contributed by atoms with Gasteiger partial charge in [-0.05, 0) is 22.0 Å². The number of furan rings is 1. The quantitative estimate of drug-likeness (QED) is 0.859. The molecule has 0 fully saturated rings. The maximum absolute atomic E-state index is 13.4. The maximum atomic E-state index is 13.4. The van der Waals surface area contributed by atoms with Gasteiger partial charge in [-0.2, -0.15) is 0 Å². The van der Waals surface area contributed by atoms with Gasteiger partial charge in [-0.3, -0.25) is 9.71 Å². The third kappa shape index (κ3) is 2.80. The molecule has 2 aromatic rings. The molecule has 0 atom stereocenters. The van der Waals surface area contributed by atoms with Crippen LogP contribution in [-0.4, -0.2) is 24.5 Å². The van der Waals surface area contributed by atoms with Crippen molar-refractivity contribution < 1.29 is 27.1 Å². The standard InChI is InChI=1S/C10H6BrFN2O5S/c11-9-8(3-7(19-9)10(15)16)20(17,18)14-6-1-2-13-4-5(6)12/h1-4H,(H,13,14)(H,15,16). The summed E-state index contributed by atoms with van der Waals surface area (Å²) in [6, 6.07) is 1.94. The van der Waals surface area contributed by atoms with E-state index in [1.807, 2.05) is 4.72 Å². The summed E-state index contributed by atoms with van der Waals surface area (Å²) in [5.74, 6) is -2.86. The molecule has 0 unspecified atom stereocenters. The Bertz CT molecular complexity index is 774. The van der Waals surface area contributed by atoms with Crippen molar-refractivity contribution >= 4 is 37.6 Å². The van der Waals surface area contributed by atoms with Crippen LogP contribution in [0.25, 0.3) is 0 Å². The highest BCUT2D eigenvalue weighted by molar-refractivity contribution is 9.10. The van der Waals surface area contributed by atoms with E-state index in [1.165, 1.54) is 6.20 Å². The molecule has 0 aliphatic rings. The smallest absolute Gasteiger partial charge is 0.371 e. The molecular formula is C10H6BrFN2O5S. The molecular weight excluding hydrogens is 359 g/mol. The van der Waals surface area contributed by atoms with Gasteiger partial charge in [-0.1, -0.05) is 0 Å². The van der Waals surface area contributed by atoms with E-state index in [1.54, 1.807) is 0 Å². The third-order valence-electron chi connectivity index (χ3n) is 2.17. The van der Waals surface area contributed by atoms with E-state index >= 15 is 0 Å². The summed E-state index contributed by atoms with van der Waals surface area (Å²) >= 11 is 2.80. The Morgan fingerprint density at radius 2 is 2.20 bits per heavy atom. The van der Waals surface area contributed by atoms with Crippen molar-refractivity contribution in [3.8, 4) is 0 Å². The first kappa shape index (κ1) is 14.5. The second-order valence-corrected chi connectivity index (χ2v) is 5.89. The number of carboxylic acid groups (broad SMARTS) is 1. The average Bonchev–Trinajstić information content (AvgIpc) is 2.75. The number of carboxylic acids is 1. The highest BCUT2D eigenvalue weighted by atomic mass is 79.9. The minimum absolute atomic E-state index is 0.295. The fraction of sp³-hybridized carbons (Fsp3) is 0. The Hall–Kier alpha value is -1.94. The summed E-state index contributed by atoms with van der Waals surface area (Å²) in [5.41, 5.74) is -0.315. The molecule has 0 aliphatic heterocycles. The number of sulfonamides is 1. The Labute approximate surface area is 120 Å². The highest BCUT2D eigenvalue weighted by Gasteiger charge is 2.25. The lowest BCUT2D eigenvalue weighted by Gasteiger charge is -2.06. The molecule has 2 aromatic heterocycles. The van der Waals surface area contributed by atoms with E-state index in [2.05, 4.69) is 20.9 Å². The van der Waals surface area contributed by atoms with Gasteiger partial charge in [0.2, 0.25) is 5.76 Å². The Kier molecular flexibility index (Phi) is 3.77. The van der Waals surface area contributed by atoms with Crippen LogP contribution < -0.4 is 4.72 Å². The molecule has 0 aromatic carbocycles. The predicted octanol–water partition coefficient (Wildman–Crippen LogP) is 2.08. The van der Waals surface area contributed by atoms with Gasteiger partial charge in [0, 0.05) is 12.3 Å². The summed E-state index contributed by atoms with van der Waals surface area (Å²) < 4.78 is 43.8. The van der Waals surface area contributed by atoms with Crippen LogP contribution in [0.15, 0.2) is 38.5 Å². The fourth-order valence-electron chi connectivity index (χ4n) is 1.30. The average molecular weight is 365 g/mol. The van der Waals surface area contributed by atoms with E-state index in [9.17, 15) is 17.6 Å². The van der Waals surface area contributed by atoms with Gasteiger partial charge in [-0.25, -0.2) is 17.6 Å². The number of nitrogens with one attached hydrogen (secondary N) is 1. The van der Waals surface area contributed by atoms with E-state index in [4.69, 9.17) is 9.52 Å². The summed E-state index contributed by atoms with van der Waals surface area (Å²) in [6.07, 6.45) is 2.04. The molecule has 0 saturated heterocycles. The summed E-state index contributed by atoms with van der Waals surface area (Å²) in [5, 5.41) is 8.72. The van der Waals surface area contributed by atoms with Gasteiger partial charge in [0.1, 0.15) is 4.90 Å². The molecule has 2 heterocycles. The second kappa shape index (κ2) is 5.21. The molecule has 20 heavy (non-hydrogen) atoms. The van der Waals surface area contributed by atoms with Crippen LogP contribution in [0.1, 0.15) is 10.6 Å². The molecule has 2 rings (SSSR count). The number of carbonyl (C=O) groups is 1. The molecule has 106 valence electrons. The number of hydrogen-bond donors (Lipinski definition) is 2. The van der Waals surface area contributed by atoms with Crippen LogP contribution in [0.5, 0.6) is 0 Å². The van der Waals surface area contributed by atoms with E-state index in [-0.39, 0.29) is 10.4 Å². The van der Waals surface area contributed by atoms with Crippen molar-refractivity contribution in [2.24, 2.45) is 0 Å². The molecule has 0 spiro atoms. The first-order valence-corrected chi connectivity index (χ1v) is 7.24. The first-order valence-electron chi connectivity index (χ1n) is 4.96. The summed E-state index contributed by atoms with van der Waals surface area (Å²) in [4.78, 5) is 13.7. The number of halogens is 2. The zero-order valence-electron chi connectivity index (χ0n) is 9.50. The van der Waals surface area contributed by atoms with Crippen LogP contribution in [-0.2, 0) is 10.0 Å². The number of aromatic nitrogens is 1. The number of anilines is 1. The Morgan fingerprint density at radius 3 is 2.75 bits per heavy atom. The molecule has 7 nitrogen and oxygen atoms in total. The van der Waals surface area contributed by atoms with Crippen molar-refractivity contribution in [2.45, 2.75) is 4.90 Å². The fourth-order valence-corrected chi connectivity index (χ4v) is 3.31. The van der Waals surface area contributed by atoms with Crippen molar-refractivity contribution in [3.63, 3.8) is 0 Å². The van der Waals surface area contributed by atoms with E-state index in [0.29, 0.717) is 0 Å². The van der Waals surface area contributed by atoms with E-state index < -0.39 is 32.5 Å². The molecule has 0 saturated carbocycles. The second-order valence-electron chi connectivity index (χ2n) is 3.51. The monoisotopic (exact) mass is 364 g/mol. The third-order valence-corrected chi connectivity index (χ3v) is 4.39. The summed E-state index contributed by atoms with van der Waals surface area (Å²) in [6.45, 7) is 0. The largest absolute Gasteiger partial charge is 0.475 e. The number of hydrogen-bond acceptors (Lipinski definition) is 5. The molecule has 0 aliphatic carbocycles. The number of rotatable bonds is 4. The number of pyridine rings is 1. The van der Waals surface area contributed by atoms with Crippen molar-refractivity contribution in [3.05, 3.63) is 40.8 Å². The number of aromatic carboxylic acids is 1. The van der Waals surface area contributed by atoms with Crippen LogP contribution in [0.4, 0.5) is 10.1 Å². The van der Waals surface area contributed by atoms with Crippen LogP contribution in [0, 0.1) is 5.82 Å². The van der Waals surface area contributed by atoms with Gasteiger partial charge >= 0.3 is 5.97 Å². The first-order chi connectivity index (χ1) is 9.31. The van der Waals surface area contributed by atoms with Gasteiger partial charge in [0.25, 0.3) is 10.0 Å². The van der Waals surface area contributed by atoms with Crippen molar-refractivity contribution in [1.82, 2.24) is 4.98 Å². The molecule has 0 amide bonds. The molecule has 10 heteroatoms. The molecule has 2 N–H and O–H groups in total. The Balaban J connectivity index is 2.41. The highest BCUT2D eigenvalue weighted by Crippen LogP contribution is 2.28. The maximum Gasteiger partial charge on any atom is 0.371 e. The summed E-state index contributed by atoms with van der Waals surface area (Å²) in [7, 11) is -4.20. The van der Waals surface area contributed by atoms with Crippen LogP contribution >= 0.6 is 15.9 Å². The Morgan fingerprint density at radius 1 is 1.50 bits per heavy atom. The van der Waals surface area contributed by atoms with Crippen LogP contribution in [0.3, 0.4) is 0 Å². The van der Waals surface area contributed by atoms with E-state index in [0.717, 1.165) is 18.3 Å². The lowest BCUT2D eigenvalue weighted by molar-refractivity contribution is 0.0661. The van der Waals surface area contributed by atoms with Crippen LogP contribution in [0.2, 0.25) is 0 Å². The topological polar surface area (TPSA) is 110 Å². The SMILES string of the molecule is O=C(O)c1cc(S(=O)(=O)Nc2ccncc2F)c(Br)o1. The van der Waals surface area contributed by atoms with Gasteiger partial charge < -0.3 is 9.52 Å². The minimum Gasteiger partial charge on any atom is -0.475 e. The predicted molar refractivity (Wildman–Crippen MR) is 68.4 cm³/mol. The van der Waals surface area contributed by atoms with Gasteiger partial charge in [0.15, 0.2) is 10.5 Å². The van der Waals surface area contributed by atoms with Gasteiger partial charge in [0.05, 0.1) is 11.9 Å². The van der Waals surface area contributed by atoms with Crippen molar-refractivity contribution in [2.75, 3.05) is 4.72 Å². The molecule has 0 bridgehead atoms.